The first-order valence-electron chi connectivity index (χ1n) is 10.7. The van der Waals surface area contributed by atoms with Crippen molar-refractivity contribution < 1.29 is 21.6 Å². The smallest absolute Gasteiger partial charge is 0.261 e. The number of carbonyl (C=O) groups is 1. The van der Waals surface area contributed by atoms with E-state index in [2.05, 4.69) is 4.72 Å². The van der Waals surface area contributed by atoms with Gasteiger partial charge in [-0.3, -0.25) is 9.52 Å². The number of nitrogens with zero attached hydrogens (tertiary/aromatic N) is 2. The van der Waals surface area contributed by atoms with E-state index in [4.69, 9.17) is 0 Å². The van der Waals surface area contributed by atoms with Gasteiger partial charge in [-0.25, -0.2) is 16.8 Å². The Morgan fingerprint density at radius 1 is 0.765 bits per heavy atom. The third-order valence-corrected chi connectivity index (χ3v) is 8.91. The number of hydrogen-bond acceptors (Lipinski definition) is 5. The van der Waals surface area contributed by atoms with Crippen LogP contribution in [-0.4, -0.2) is 58.1 Å². The Morgan fingerprint density at radius 3 is 2.06 bits per heavy atom. The van der Waals surface area contributed by atoms with Crippen molar-refractivity contribution in [2.45, 2.75) is 16.7 Å². The van der Waals surface area contributed by atoms with Gasteiger partial charge in [0.1, 0.15) is 0 Å². The monoisotopic (exact) mass is 499 g/mol. The lowest BCUT2D eigenvalue weighted by Gasteiger charge is -2.34. The molecule has 8 nitrogen and oxygen atoms in total. The SMILES string of the molecule is Cc1ccc(S(=O)(=O)N2CCN(C(=O)c3cccc(NS(=O)(=O)c4ccccc4)c3)CC2)cc1. The third kappa shape index (κ3) is 5.14. The highest BCUT2D eigenvalue weighted by molar-refractivity contribution is 7.92. The molecule has 0 spiro atoms. The van der Waals surface area contributed by atoms with Crippen LogP contribution in [0, 0.1) is 6.92 Å². The molecule has 178 valence electrons. The van der Waals surface area contributed by atoms with Crippen molar-refractivity contribution in [3.63, 3.8) is 0 Å². The quantitative estimate of drug-likeness (QED) is 0.562. The molecule has 3 aromatic rings. The summed E-state index contributed by atoms with van der Waals surface area (Å²) in [6, 6.07) is 20.9. The normalized spacial score (nSPS) is 15.1. The van der Waals surface area contributed by atoms with Crippen LogP contribution in [0.25, 0.3) is 0 Å². The molecule has 1 aliphatic rings. The number of piperazine rings is 1. The van der Waals surface area contributed by atoms with Crippen LogP contribution in [-0.2, 0) is 20.0 Å². The van der Waals surface area contributed by atoms with Crippen molar-refractivity contribution >= 4 is 31.6 Å². The van der Waals surface area contributed by atoms with Crippen LogP contribution in [0.4, 0.5) is 5.69 Å². The Labute approximate surface area is 199 Å². The van der Waals surface area contributed by atoms with Gasteiger partial charge >= 0.3 is 0 Å². The minimum Gasteiger partial charge on any atom is -0.336 e. The molecular weight excluding hydrogens is 474 g/mol. The van der Waals surface area contributed by atoms with Crippen molar-refractivity contribution in [3.05, 3.63) is 90.0 Å². The molecule has 4 rings (SSSR count). The van der Waals surface area contributed by atoms with E-state index in [1.165, 1.54) is 22.5 Å². The van der Waals surface area contributed by atoms with E-state index in [1.807, 2.05) is 6.92 Å². The second kappa shape index (κ2) is 9.57. The van der Waals surface area contributed by atoms with Gasteiger partial charge in [0.25, 0.3) is 15.9 Å². The zero-order valence-corrected chi connectivity index (χ0v) is 20.2. The van der Waals surface area contributed by atoms with Gasteiger partial charge in [-0.1, -0.05) is 42.0 Å². The summed E-state index contributed by atoms with van der Waals surface area (Å²) in [4.78, 5) is 15.0. The van der Waals surface area contributed by atoms with E-state index in [9.17, 15) is 21.6 Å². The molecule has 0 bridgehead atoms. The minimum absolute atomic E-state index is 0.123. The molecule has 3 aromatic carbocycles. The zero-order valence-electron chi connectivity index (χ0n) is 18.6. The first-order valence-corrected chi connectivity index (χ1v) is 13.6. The third-order valence-electron chi connectivity index (χ3n) is 5.60. The molecule has 0 aliphatic carbocycles. The molecule has 1 saturated heterocycles. The average Bonchev–Trinajstić information content (AvgIpc) is 2.84. The van der Waals surface area contributed by atoms with Crippen molar-refractivity contribution in [1.29, 1.82) is 0 Å². The molecule has 1 heterocycles. The van der Waals surface area contributed by atoms with Crippen LogP contribution in [0.15, 0.2) is 88.7 Å². The van der Waals surface area contributed by atoms with Crippen LogP contribution in [0.2, 0.25) is 0 Å². The predicted octanol–water partition coefficient (Wildman–Crippen LogP) is 2.94. The van der Waals surface area contributed by atoms with Crippen LogP contribution >= 0.6 is 0 Å². The summed E-state index contributed by atoms with van der Waals surface area (Å²) in [6.45, 7) is 2.74. The fraction of sp³-hybridized carbons (Fsp3) is 0.208. The predicted molar refractivity (Wildman–Crippen MR) is 130 cm³/mol. The number of benzene rings is 3. The topological polar surface area (TPSA) is 104 Å². The molecule has 0 atom stereocenters. The van der Waals surface area contributed by atoms with Gasteiger partial charge < -0.3 is 4.90 Å². The number of aryl methyl sites for hydroxylation is 1. The van der Waals surface area contributed by atoms with E-state index < -0.39 is 20.0 Å². The van der Waals surface area contributed by atoms with E-state index >= 15 is 0 Å². The molecule has 10 heteroatoms. The molecule has 0 saturated carbocycles. The first-order chi connectivity index (χ1) is 16.2. The Hall–Kier alpha value is -3.21. The van der Waals surface area contributed by atoms with Crippen molar-refractivity contribution in [2.24, 2.45) is 0 Å². The van der Waals surface area contributed by atoms with Gasteiger partial charge in [0.05, 0.1) is 9.79 Å². The van der Waals surface area contributed by atoms with Gasteiger partial charge in [0, 0.05) is 37.4 Å². The van der Waals surface area contributed by atoms with Gasteiger partial charge in [-0.15, -0.1) is 0 Å². The van der Waals surface area contributed by atoms with Crippen molar-refractivity contribution in [2.75, 3.05) is 30.9 Å². The van der Waals surface area contributed by atoms with E-state index in [0.717, 1.165) is 5.56 Å². The maximum atomic E-state index is 13.0. The van der Waals surface area contributed by atoms with Crippen molar-refractivity contribution in [1.82, 2.24) is 9.21 Å². The van der Waals surface area contributed by atoms with Crippen LogP contribution in [0.1, 0.15) is 15.9 Å². The Kier molecular flexibility index (Phi) is 6.74. The van der Waals surface area contributed by atoms with Gasteiger partial charge in [-0.2, -0.15) is 4.31 Å². The van der Waals surface area contributed by atoms with E-state index in [-0.39, 0.29) is 47.6 Å². The second-order valence-electron chi connectivity index (χ2n) is 8.01. The summed E-state index contributed by atoms with van der Waals surface area (Å²) >= 11 is 0. The Bertz CT molecular complexity index is 1380. The summed E-state index contributed by atoms with van der Waals surface area (Å²) in [5, 5.41) is 0. The van der Waals surface area contributed by atoms with Gasteiger partial charge in [-0.05, 0) is 49.4 Å². The zero-order chi connectivity index (χ0) is 24.3. The maximum Gasteiger partial charge on any atom is 0.261 e. The lowest BCUT2D eigenvalue weighted by Crippen LogP contribution is -2.50. The number of anilines is 1. The number of rotatable bonds is 6. The number of nitrogens with one attached hydrogen (secondary N) is 1. The van der Waals surface area contributed by atoms with E-state index in [1.54, 1.807) is 65.6 Å². The van der Waals surface area contributed by atoms with Crippen LogP contribution in [0.5, 0.6) is 0 Å². The number of sulfonamides is 2. The minimum atomic E-state index is -3.78. The summed E-state index contributed by atoms with van der Waals surface area (Å²) in [7, 11) is -7.41. The number of carbonyl (C=O) groups excluding carboxylic acids is 1. The molecule has 0 radical (unpaired) electrons. The van der Waals surface area contributed by atoms with Gasteiger partial charge in [0.2, 0.25) is 10.0 Å². The van der Waals surface area contributed by atoms with Crippen LogP contribution < -0.4 is 4.72 Å². The van der Waals surface area contributed by atoms with Gasteiger partial charge in [0.15, 0.2) is 0 Å². The summed E-state index contributed by atoms with van der Waals surface area (Å²) < 4.78 is 54.8. The molecule has 1 aliphatic heterocycles. The standard InChI is InChI=1S/C24H25N3O5S2/c1-19-10-12-23(13-11-19)34(31,32)27-16-14-26(15-17-27)24(28)20-6-5-7-21(18-20)25-33(29,30)22-8-3-2-4-9-22/h2-13,18,25H,14-17H2,1H3. The fourth-order valence-electron chi connectivity index (χ4n) is 3.70. The highest BCUT2D eigenvalue weighted by Crippen LogP contribution is 2.21. The maximum absolute atomic E-state index is 13.0. The molecule has 1 N–H and O–H groups in total. The van der Waals surface area contributed by atoms with Crippen molar-refractivity contribution in [3.8, 4) is 0 Å². The lowest BCUT2D eigenvalue weighted by molar-refractivity contribution is 0.0698. The second-order valence-corrected chi connectivity index (χ2v) is 11.6. The molecule has 1 amide bonds. The first kappa shape index (κ1) is 23.9. The highest BCUT2D eigenvalue weighted by Gasteiger charge is 2.30. The fourth-order valence-corrected chi connectivity index (χ4v) is 6.20. The molecule has 34 heavy (non-hydrogen) atoms. The Morgan fingerprint density at radius 2 is 1.41 bits per heavy atom. The molecule has 0 aromatic heterocycles. The highest BCUT2D eigenvalue weighted by atomic mass is 32.2. The van der Waals surface area contributed by atoms with E-state index in [0.29, 0.717) is 5.56 Å². The molecule has 1 fully saturated rings. The lowest BCUT2D eigenvalue weighted by atomic mass is 10.1. The molecular formula is C24H25N3O5S2. The summed E-state index contributed by atoms with van der Waals surface area (Å²) in [5.41, 5.74) is 1.57. The number of amides is 1. The Balaban J connectivity index is 1.43. The summed E-state index contributed by atoms with van der Waals surface area (Å²) in [6.07, 6.45) is 0. The number of hydrogen-bond donors (Lipinski definition) is 1. The summed E-state index contributed by atoms with van der Waals surface area (Å²) in [5.74, 6) is -0.284. The largest absolute Gasteiger partial charge is 0.336 e. The van der Waals surface area contributed by atoms with Crippen LogP contribution in [0.3, 0.4) is 0 Å². The molecule has 0 unspecified atom stereocenters. The average molecular weight is 500 g/mol.